The number of Topliss-reactive ketones (excluding diaryl/α,β-unsaturated/α-hetero) is 1. The fourth-order valence-electron chi connectivity index (χ4n) is 4.43. The zero-order valence-electron chi connectivity index (χ0n) is 17.8. The molecule has 10 heteroatoms. The van der Waals surface area contributed by atoms with Crippen molar-refractivity contribution in [3.63, 3.8) is 0 Å². The first-order valence-electron chi connectivity index (χ1n) is 10.1. The third-order valence-corrected chi connectivity index (χ3v) is 5.86. The molecular weight excluding hydrogens is 444 g/mol. The number of nitrogens with one attached hydrogen (secondary N) is 1. The van der Waals surface area contributed by atoms with Crippen LogP contribution in [0.2, 0.25) is 0 Å². The molecule has 1 aromatic carbocycles. The number of carbonyl (C=O) groups excluding carboxylic acids is 3. The molecule has 0 spiro atoms. The van der Waals surface area contributed by atoms with Crippen molar-refractivity contribution in [2.75, 3.05) is 0 Å². The predicted octanol–water partition coefficient (Wildman–Crippen LogP) is 4.14. The van der Waals surface area contributed by atoms with Crippen molar-refractivity contribution in [2.24, 2.45) is 5.41 Å². The SMILES string of the molecule is CC1(C)CC(=O)C2=C(C1)N(Cc1ccco1)C(=O)[C@]2(NC(=O)c1ccccc1F)C(F)(F)F. The van der Waals surface area contributed by atoms with E-state index >= 15 is 0 Å². The highest BCUT2D eigenvalue weighted by molar-refractivity contribution is 6.14. The minimum absolute atomic E-state index is 0.00603. The Labute approximate surface area is 186 Å². The molecule has 1 aliphatic carbocycles. The van der Waals surface area contributed by atoms with Crippen LogP contribution < -0.4 is 5.32 Å². The average molecular weight is 464 g/mol. The molecule has 2 aliphatic rings. The van der Waals surface area contributed by atoms with E-state index in [1.54, 1.807) is 19.2 Å². The van der Waals surface area contributed by atoms with Crippen molar-refractivity contribution in [1.29, 1.82) is 0 Å². The number of allylic oxidation sites excluding steroid dienone is 1. The average Bonchev–Trinajstić information content (AvgIpc) is 3.28. The molecule has 2 amide bonds. The van der Waals surface area contributed by atoms with Crippen LogP contribution in [0.1, 0.15) is 42.8 Å². The first-order chi connectivity index (χ1) is 15.4. The highest BCUT2D eigenvalue weighted by Gasteiger charge is 2.71. The van der Waals surface area contributed by atoms with Gasteiger partial charge >= 0.3 is 6.18 Å². The standard InChI is InChI=1S/C23H20F4N2O4/c1-21(2)10-16-18(17(30)11-21)22(23(25,26)27,20(32)29(16)12-13-6-5-9-33-13)28-19(31)14-7-3-4-8-15(14)24/h3-9H,10-12H2,1-2H3,(H,28,31)/t22-/m0/s1. The first-order valence-corrected chi connectivity index (χ1v) is 10.1. The maximum Gasteiger partial charge on any atom is 0.425 e. The Balaban J connectivity index is 1.89. The maximum atomic E-state index is 14.7. The van der Waals surface area contributed by atoms with Gasteiger partial charge in [-0.05, 0) is 36.1 Å². The third kappa shape index (κ3) is 3.63. The summed E-state index contributed by atoms with van der Waals surface area (Å²) in [7, 11) is 0. The molecule has 6 nitrogen and oxygen atoms in total. The molecule has 2 heterocycles. The Morgan fingerprint density at radius 3 is 2.42 bits per heavy atom. The van der Waals surface area contributed by atoms with Gasteiger partial charge in [-0.3, -0.25) is 14.4 Å². The molecule has 174 valence electrons. The zero-order valence-corrected chi connectivity index (χ0v) is 17.8. The van der Waals surface area contributed by atoms with E-state index in [0.717, 1.165) is 17.0 Å². The number of ketones is 1. The summed E-state index contributed by atoms with van der Waals surface area (Å²) in [5.74, 6) is -4.75. The van der Waals surface area contributed by atoms with Gasteiger partial charge in [0.2, 0.25) is 5.54 Å². The Bertz CT molecular complexity index is 1170. The number of hydrogen-bond acceptors (Lipinski definition) is 4. The van der Waals surface area contributed by atoms with Crippen LogP contribution in [0.15, 0.2) is 58.3 Å². The monoisotopic (exact) mass is 464 g/mol. The number of furan rings is 1. The van der Waals surface area contributed by atoms with E-state index in [4.69, 9.17) is 4.42 Å². The van der Waals surface area contributed by atoms with E-state index in [-0.39, 0.29) is 30.8 Å². The number of carbonyl (C=O) groups is 3. The fraction of sp³-hybridized carbons (Fsp3) is 0.348. The van der Waals surface area contributed by atoms with Crippen molar-refractivity contribution in [1.82, 2.24) is 10.2 Å². The lowest BCUT2D eigenvalue weighted by Gasteiger charge is -2.35. The van der Waals surface area contributed by atoms with Gasteiger partial charge in [0.15, 0.2) is 5.78 Å². The molecular formula is C23H20F4N2O4. The quantitative estimate of drug-likeness (QED) is 0.690. The summed E-state index contributed by atoms with van der Waals surface area (Å²) in [6.45, 7) is 3.05. The van der Waals surface area contributed by atoms with Gasteiger partial charge in [0.25, 0.3) is 11.8 Å². The van der Waals surface area contributed by atoms with Crippen LogP contribution >= 0.6 is 0 Å². The van der Waals surface area contributed by atoms with E-state index in [0.29, 0.717) is 0 Å². The van der Waals surface area contributed by atoms with Gasteiger partial charge in [0, 0.05) is 12.1 Å². The normalized spacial score (nSPS) is 22.5. The van der Waals surface area contributed by atoms with E-state index < -0.39 is 51.7 Å². The number of nitrogens with zero attached hydrogens (tertiary/aromatic N) is 1. The number of rotatable bonds is 4. The Hall–Kier alpha value is -3.43. The molecule has 0 radical (unpaired) electrons. The molecule has 1 aromatic heterocycles. The summed E-state index contributed by atoms with van der Waals surface area (Å²) in [6, 6.07) is 7.44. The van der Waals surface area contributed by atoms with Crippen molar-refractivity contribution < 1.29 is 36.4 Å². The van der Waals surface area contributed by atoms with Crippen LogP contribution in [0.5, 0.6) is 0 Å². The van der Waals surface area contributed by atoms with Crippen LogP contribution in [0, 0.1) is 11.2 Å². The summed E-state index contributed by atoms with van der Waals surface area (Å²) in [6.07, 6.45) is -4.33. The molecule has 2 aromatic rings. The number of amides is 2. The van der Waals surface area contributed by atoms with E-state index in [2.05, 4.69) is 0 Å². The fourth-order valence-corrected chi connectivity index (χ4v) is 4.43. The number of hydrogen-bond donors (Lipinski definition) is 1. The highest BCUT2D eigenvalue weighted by atomic mass is 19.4. The van der Waals surface area contributed by atoms with Crippen LogP contribution in [-0.4, -0.2) is 34.2 Å². The van der Waals surface area contributed by atoms with Crippen LogP contribution in [0.4, 0.5) is 17.6 Å². The molecule has 0 unspecified atom stereocenters. The van der Waals surface area contributed by atoms with Crippen LogP contribution in [-0.2, 0) is 16.1 Å². The van der Waals surface area contributed by atoms with Crippen molar-refractivity contribution >= 4 is 17.6 Å². The van der Waals surface area contributed by atoms with E-state index in [1.807, 2.05) is 0 Å². The molecule has 0 bridgehead atoms. The first kappa shape index (κ1) is 22.8. The summed E-state index contributed by atoms with van der Waals surface area (Å²) >= 11 is 0. The Morgan fingerprint density at radius 1 is 1.12 bits per heavy atom. The van der Waals surface area contributed by atoms with Gasteiger partial charge in [-0.2, -0.15) is 13.2 Å². The minimum Gasteiger partial charge on any atom is -0.467 e. The molecule has 1 N–H and O–H groups in total. The predicted molar refractivity (Wildman–Crippen MR) is 107 cm³/mol. The largest absolute Gasteiger partial charge is 0.467 e. The van der Waals surface area contributed by atoms with Crippen molar-refractivity contribution in [2.45, 2.75) is 44.9 Å². The van der Waals surface area contributed by atoms with Gasteiger partial charge in [-0.25, -0.2) is 4.39 Å². The second-order valence-electron chi connectivity index (χ2n) is 8.92. The lowest BCUT2D eigenvalue weighted by atomic mass is 9.72. The van der Waals surface area contributed by atoms with Gasteiger partial charge in [-0.1, -0.05) is 26.0 Å². The van der Waals surface area contributed by atoms with Gasteiger partial charge in [0.1, 0.15) is 11.6 Å². The van der Waals surface area contributed by atoms with Gasteiger partial charge in [-0.15, -0.1) is 0 Å². The third-order valence-electron chi connectivity index (χ3n) is 5.86. The molecule has 0 saturated heterocycles. The molecule has 4 rings (SSSR count). The Morgan fingerprint density at radius 2 is 1.82 bits per heavy atom. The summed E-state index contributed by atoms with van der Waals surface area (Å²) in [5.41, 5.74) is -5.97. The highest BCUT2D eigenvalue weighted by Crippen LogP contribution is 2.52. The zero-order chi connectivity index (χ0) is 24.2. The van der Waals surface area contributed by atoms with Crippen molar-refractivity contribution in [3.8, 4) is 0 Å². The smallest absolute Gasteiger partial charge is 0.425 e. The lowest BCUT2D eigenvalue weighted by Crippen LogP contribution is -2.66. The molecule has 1 atom stereocenters. The van der Waals surface area contributed by atoms with Crippen LogP contribution in [0.25, 0.3) is 0 Å². The Kier molecular flexibility index (Phi) is 5.22. The number of alkyl halides is 3. The molecule has 33 heavy (non-hydrogen) atoms. The topological polar surface area (TPSA) is 79.6 Å². The van der Waals surface area contributed by atoms with Gasteiger partial charge in [0.05, 0.1) is 23.9 Å². The second kappa shape index (κ2) is 7.57. The van der Waals surface area contributed by atoms with Crippen molar-refractivity contribution in [3.05, 3.63) is 71.1 Å². The van der Waals surface area contributed by atoms with Gasteiger partial charge < -0.3 is 14.6 Å². The molecule has 0 fully saturated rings. The van der Waals surface area contributed by atoms with E-state index in [9.17, 15) is 31.9 Å². The summed E-state index contributed by atoms with van der Waals surface area (Å²) < 4.78 is 63.3. The maximum absolute atomic E-state index is 14.7. The molecule has 0 saturated carbocycles. The summed E-state index contributed by atoms with van der Waals surface area (Å²) in [4.78, 5) is 40.1. The number of halogens is 4. The molecule has 1 aliphatic heterocycles. The minimum atomic E-state index is -5.37. The second-order valence-corrected chi connectivity index (χ2v) is 8.92. The van der Waals surface area contributed by atoms with Crippen LogP contribution in [0.3, 0.4) is 0 Å². The summed E-state index contributed by atoms with van der Waals surface area (Å²) in [5, 5.41) is 1.70. The lowest BCUT2D eigenvalue weighted by molar-refractivity contribution is -0.191. The van der Waals surface area contributed by atoms with E-state index in [1.165, 1.54) is 30.5 Å². The number of benzene rings is 1.